The van der Waals surface area contributed by atoms with Crippen molar-refractivity contribution in [2.45, 2.75) is 44.4 Å². The Balaban J connectivity index is 1.82. The topological polar surface area (TPSA) is 21.7 Å². The highest BCUT2D eigenvalue weighted by atomic mass is 16.6. The van der Waals surface area contributed by atoms with E-state index in [-0.39, 0.29) is 6.23 Å². The van der Waals surface area contributed by atoms with Gasteiger partial charge in [-0.2, -0.15) is 0 Å². The van der Waals surface area contributed by atoms with E-state index in [2.05, 4.69) is 11.9 Å². The highest BCUT2D eigenvalue weighted by Gasteiger charge is 2.26. The first kappa shape index (κ1) is 10.4. The lowest BCUT2D eigenvalue weighted by molar-refractivity contribution is -0.159. The van der Waals surface area contributed by atoms with Crippen molar-refractivity contribution in [1.82, 2.24) is 4.90 Å². The van der Waals surface area contributed by atoms with Gasteiger partial charge in [-0.15, -0.1) is 0 Å². The summed E-state index contributed by atoms with van der Waals surface area (Å²) < 4.78 is 11.1. The zero-order valence-corrected chi connectivity index (χ0v) is 9.08. The number of hydrogen-bond donors (Lipinski definition) is 0. The third kappa shape index (κ3) is 2.47. The maximum Gasteiger partial charge on any atom is 0.134 e. The molecule has 3 nitrogen and oxygen atoms in total. The van der Waals surface area contributed by atoms with Crippen molar-refractivity contribution >= 4 is 0 Å². The monoisotopic (exact) mass is 199 g/mol. The summed E-state index contributed by atoms with van der Waals surface area (Å²) in [4.78, 5) is 2.37. The largest absolute Gasteiger partial charge is 0.375 e. The quantitative estimate of drug-likeness (QED) is 0.674. The molecule has 3 heteroatoms. The van der Waals surface area contributed by atoms with E-state index >= 15 is 0 Å². The lowest BCUT2D eigenvalue weighted by Gasteiger charge is -2.38. The predicted octanol–water partition coefficient (Wildman–Crippen LogP) is 1.62. The van der Waals surface area contributed by atoms with E-state index in [1.54, 1.807) is 0 Å². The van der Waals surface area contributed by atoms with Gasteiger partial charge in [0, 0.05) is 6.04 Å². The molecule has 0 bridgehead atoms. The molecule has 0 spiro atoms. The van der Waals surface area contributed by atoms with Gasteiger partial charge in [0.05, 0.1) is 19.8 Å². The molecule has 1 atom stereocenters. The lowest BCUT2D eigenvalue weighted by atomic mass is 9.94. The van der Waals surface area contributed by atoms with Crippen LogP contribution in [0, 0.1) is 0 Å². The standard InChI is InChI=1S/C11H21NO2/c1-12(10-5-3-2-4-6-10)11-9-13-7-8-14-11/h10-11H,2-9H2,1H3. The summed E-state index contributed by atoms with van der Waals surface area (Å²) in [7, 11) is 2.18. The van der Waals surface area contributed by atoms with Gasteiger partial charge in [0.1, 0.15) is 6.23 Å². The number of hydrogen-bond acceptors (Lipinski definition) is 3. The van der Waals surface area contributed by atoms with Crippen LogP contribution in [0.1, 0.15) is 32.1 Å². The van der Waals surface area contributed by atoms with Crippen LogP contribution in [0.3, 0.4) is 0 Å². The summed E-state index contributed by atoms with van der Waals surface area (Å²) in [5, 5.41) is 0. The van der Waals surface area contributed by atoms with Crippen LogP contribution in [0.25, 0.3) is 0 Å². The molecule has 0 radical (unpaired) electrons. The normalized spacial score (nSPS) is 30.9. The SMILES string of the molecule is CN(C1CCCCC1)C1COCCO1. The summed E-state index contributed by atoms with van der Waals surface area (Å²) in [5.74, 6) is 0. The summed E-state index contributed by atoms with van der Waals surface area (Å²) in [6, 6.07) is 0.718. The Labute approximate surface area is 86.4 Å². The second-order valence-corrected chi connectivity index (χ2v) is 4.36. The van der Waals surface area contributed by atoms with Crippen LogP contribution < -0.4 is 0 Å². The number of ether oxygens (including phenoxy) is 2. The van der Waals surface area contributed by atoms with Crippen molar-refractivity contribution in [2.24, 2.45) is 0 Å². The third-order valence-electron chi connectivity index (χ3n) is 3.40. The van der Waals surface area contributed by atoms with Gasteiger partial charge < -0.3 is 9.47 Å². The molecule has 1 aliphatic heterocycles. The Bertz CT molecular complexity index is 145. The van der Waals surface area contributed by atoms with E-state index in [9.17, 15) is 0 Å². The molecule has 82 valence electrons. The van der Waals surface area contributed by atoms with E-state index in [0.29, 0.717) is 0 Å². The Hall–Kier alpha value is -0.120. The van der Waals surface area contributed by atoms with Crippen LogP contribution in [0.5, 0.6) is 0 Å². The van der Waals surface area contributed by atoms with Crippen LogP contribution in [-0.4, -0.2) is 44.0 Å². The molecule has 0 aromatic carbocycles. The molecular formula is C11H21NO2. The minimum atomic E-state index is 0.201. The van der Waals surface area contributed by atoms with Crippen molar-refractivity contribution in [3.63, 3.8) is 0 Å². The first-order chi connectivity index (χ1) is 6.88. The third-order valence-corrected chi connectivity index (χ3v) is 3.40. The second-order valence-electron chi connectivity index (χ2n) is 4.36. The van der Waals surface area contributed by atoms with Gasteiger partial charge in [-0.25, -0.2) is 0 Å². The van der Waals surface area contributed by atoms with Gasteiger partial charge in [0.15, 0.2) is 0 Å². The van der Waals surface area contributed by atoms with Crippen molar-refractivity contribution in [1.29, 1.82) is 0 Å². The highest BCUT2D eigenvalue weighted by Crippen LogP contribution is 2.23. The average molecular weight is 199 g/mol. The van der Waals surface area contributed by atoms with Crippen molar-refractivity contribution in [3.8, 4) is 0 Å². The van der Waals surface area contributed by atoms with Crippen LogP contribution >= 0.6 is 0 Å². The molecule has 1 aliphatic carbocycles. The molecule has 2 fully saturated rings. The van der Waals surface area contributed by atoms with Crippen LogP contribution in [0.15, 0.2) is 0 Å². The molecule has 0 aromatic heterocycles. The molecule has 1 unspecified atom stereocenters. The van der Waals surface area contributed by atoms with Gasteiger partial charge in [-0.3, -0.25) is 4.90 Å². The predicted molar refractivity (Wildman–Crippen MR) is 55.2 cm³/mol. The zero-order valence-electron chi connectivity index (χ0n) is 9.08. The summed E-state index contributed by atoms with van der Waals surface area (Å²) in [6.07, 6.45) is 7.02. The smallest absolute Gasteiger partial charge is 0.134 e. The number of likely N-dealkylation sites (N-methyl/N-ethyl adjacent to an activating group) is 1. The van der Waals surface area contributed by atoms with E-state index in [0.717, 1.165) is 25.9 Å². The van der Waals surface area contributed by atoms with E-state index < -0.39 is 0 Å². The molecular weight excluding hydrogens is 178 g/mol. The number of rotatable bonds is 2. The van der Waals surface area contributed by atoms with Crippen molar-refractivity contribution in [3.05, 3.63) is 0 Å². The van der Waals surface area contributed by atoms with Gasteiger partial charge >= 0.3 is 0 Å². The van der Waals surface area contributed by atoms with Gasteiger partial charge in [-0.05, 0) is 19.9 Å². The summed E-state index contributed by atoms with van der Waals surface area (Å²) in [5.41, 5.74) is 0. The zero-order chi connectivity index (χ0) is 9.80. The van der Waals surface area contributed by atoms with Crippen molar-refractivity contribution in [2.75, 3.05) is 26.9 Å². The molecule has 0 N–H and O–H groups in total. The van der Waals surface area contributed by atoms with Gasteiger partial charge in [0.25, 0.3) is 0 Å². The molecule has 1 saturated carbocycles. The fourth-order valence-corrected chi connectivity index (χ4v) is 2.43. The Morgan fingerprint density at radius 1 is 1.07 bits per heavy atom. The van der Waals surface area contributed by atoms with Gasteiger partial charge in [0.2, 0.25) is 0 Å². The van der Waals surface area contributed by atoms with E-state index in [1.165, 1.54) is 32.1 Å². The number of nitrogens with zero attached hydrogens (tertiary/aromatic N) is 1. The van der Waals surface area contributed by atoms with Crippen LogP contribution in [0.4, 0.5) is 0 Å². The maximum atomic E-state index is 5.69. The molecule has 0 amide bonds. The lowest BCUT2D eigenvalue weighted by Crippen LogP contribution is -2.47. The molecule has 2 aliphatic rings. The van der Waals surface area contributed by atoms with E-state index in [1.807, 2.05) is 0 Å². The van der Waals surface area contributed by atoms with Gasteiger partial charge in [-0.1, -0.05) is 19.3 Å². The van der Waals surface area contributed by atoms with Crippen molar-refractivity contribution < 1.29 is 9.47 Å². The highest BCUT2D eigenvalue weighted by molar-refractivity contribution is 4.76. The Morgan fingerprint density at radius 2 is 1.86 bits per heavy atom. The summed E-state index contributed by atoms with van der Waals surface area (Å²) >= 11 is 0. The average Bonchev–Trinajstić information content (AvgIpc) is 2.30. The molecule has 2 rings (SSSR count). The second kappa shape index (κ2) is 5.10. The Morgan fingerprint density at radius 3 is 2.50 bits per heavy atom. The first-order valence-corrected chi connectivity index (χ1v) is 5.79. The Kier molecular flexibility index (Phi) is 3.79. The summed E-state index contributed by atoms with van der Waals surface area (Å²) in [6.45, 7) is 2.25. The molecule has 14 heavy (non-hydrogen) atoms. The first-order valence-electron chi connectivity index (χ1n) is 5.79. The fraction of sp³-hybridized carbons (Fsp3) is 1.00. The van der Waals surface area contributed by atoms with Crippen LogP contribution in [0.2, 0.25) is 0 Å². The molecule has 1 heterocycles. The van der Waals surface area contributed by atoms with E-state index in [4.69, 9.17) is 9.47 Å². The maximum absolute atomic E-state index is 5.69. The minimum absolute atomic E-state index is 0.201. The minimum Gasteiger partial charge on any atom is -0.375 e. The molecule has 1 saturated heterocycles. The molecule has 0 aromatic rings. The van der Waals surface area contributed by atoms with Crippen LogP contribution in [-0.2, 0) is 9.47 Å². The fourth-order valence-electron chi connectivity index (χ4n) is 2.43.